The molecule has 2 aromatic heterocycles. The van der Waals surface area contributed by atoms with Crippen LogP contribution in [0.15, 0.2) is 11.6 Å². The minimum atomic E-state index is 0.217. The molecule has 0 saturated carbocycles. The lowest BCUT2D eigenvalue weighted by Crippen LogP contribution is -2.39. The van der Waals surface area contributed by atoms with Gasteiger partial charge in [-0.1, -0.05) is 5.21 Å². The molecular formula is C17H23N5OS. The summed E-state index contributed by atoms with van der Waals surface area (Å²) in [6, 6.07) is 0.318. The van der Waals surface area contributed by atoms with Gasteiger partial charge in [0.25, 0.3) is 5.91 Å². The molecule has 0 unspecified atom stereocenters. The fourth-order valence-corrected chi connectivity index (χ4v) is 4.88. The summed E-state index contributed by atoms with van der Waals surface area (Å²) in [6.45, 7) is 1.98. The molecule has 1 saturated heterocycles. The number of hydrogen-bond donors (Lipinski definition) is 1. The number of hydrogen-bond acceptors (Lipinski definition) is 5. The zero-order chi connectivity index (χ0) is 16.5. The topological polar surface area (TPSA) is 77.0 Å². The predicted octanol–water partition coefficient (Wildman–Crippen LogP) is 2.15. The average Bonchev–Trinajstić information content (AvgIpc) is 3.28. The van der Waals surface area contributed by atoms with Crippen molar-refractivity contribution in [1.29, 1.82) is 0 Å². The van der Waals surface area contributed by atoms with E-state index in [-0.39, 0.29) is 5.91 Å². The third-order valence-corrected chi connectivity index (χ3v) is 6.27. The van der Waals surface area contributed by atoms with Crippen LogP contribution in [-0.2, 0) is 19.4 Å². The van der Waals surface area contributed by atoms with E-state index in [1.165, 1.54) is 23.3 Å². The highest BCUT2D eigenvalue weighted by Crippen LogP contribution is 2.32. The summed E-state index contributed by atoms with van der Waals surface area (Å²) in [5, 5.41) is 10.3. The number of nitrogens with two attached hydrogens (primary N) is 1. The molecule has 24 heavy (non-hydrogen) atoms. The number of carbonyl (C=O) groups is 1. The van der Waals surface area contributed by atoms with Gasteiger partial charge < -0.3 is 10.6 Å². The highest BCUT2D eigenvalue weighted by Gasteiger charge is 2.28. The Labute approximate surface area is 145 Å². The zero-order valence-corrected chi connectivity index (χ0v) is 14.6. The van der Waals surface area contributed by atoms with Crippen molar-refractivity contribution in [3.63, 3.8) is 0 Å². The molecule has 1 fully saturated rings. The second-order valence-electron chi connectivity index (χ2n) is 6.68. The molecular weight excluding hydrogens is 322 g/mol. The highest BCUT2D eigenvalue weighted by molar-refractivity contribution is 7.10. The van der Waals surface area contributed by atoms with Gasteiger partial charge in [-0.3, -0.25) is 4.79 Å². The van der Waals surface area contributed by atoms with Crippen LogP contribution < -0.4 is 5.73 Å². The molecule has 2 aliphatic rings. The molecule has 1 aliphatic carbocycles. The van der Waals surface area contributed by atoms with Crippen LogP contribution in [0, 0.1) is 0 Å². The standard InChI is InChI=1S/C17H23N5OS/c18-9-12-10-22(20-19-12)13-5-7-21(8-6-13)17(23)15-11-24-16-4-2-1-3-14(15)16/h10-11,13H,1-9,18H2. The first-order valence-corrected chi connectivity index (χ1v) is 9.63. The summed E-state index contributed by atoms with van der Waals surface area (Å²) in [5.41, 5.74) is 8.69. The second kappa shape index (κ2) is 6.64. The Kier molecular flexibility index (Phi) is 4.37. The van der Waals surface area contributed by atoms with Gasteiger partial charge in [-0.25, -0.2) is 4.68 Å². The van der Waals surface area contributed by atoms with Crippen molar-refractivity contribution < 1.29 is 4.79 Å². The van der Waals surface area contributed by atoms with E-state index in [0.717, 1.165) is 50.0 Å². The number of thiophene rings is 1. The number of aryl methyl sites for hydroxylation is 1. The maximum Gasteiger partial charge on any atom is 0.254 e. The van der Waals surface area contributed by atoms with Crippen molar-refractivity contribution in [2.24, 2.45) is 5.73 Å². The monoisotopic (exact) mass is 345 g/mol. The summed E-state index contributed by atoms with van der Waals surface area (Å²) < 4.78 is 1.91. The number of nitrogens with zero attached hydrogens (tertiary/aromatic N) is 4. The smallest absolute Gasteiger partial charge is 0.254 e. The Hall–Kier alpha value is -1.73. The van der Waals surface area contributed by atoms with Gasteiger partial charge in [-0.15, -0.1) is 16.4 Å². The number of rotatable bonds is 3. The fraction of sp³-hybridized carbons (Fsp3) is 0.588. The summed E-state index contributed by atoms with van der Waals surface area (Å²) in [6.07, 6.45) is 8.45. The van der Waals surface area contributed by atoms with Crippen LogP contribution in [0.4, 0.5) is 0 Å². The van der Waals surface area contributed by atoms with Crippen LogP contribution in [0.5, 0.6) is 0 Å². The van der Waals surface area contributed by atoms with E-state index in [2.05, 4.69) is 15.7 Å². The molecule has 0 spiro atoms. The lowest BCUT2D eigenvalue weighted by molar-refractivity contribution is 0.0688. The molecule has 3 heterocycles. The van der Waals surface area contributed by atoms with Gasteiger partial charge in [0.2, 0.25) is 0 Å². The number of fused-ring (bicyclic) bond motifs is 1. The minimum absolute atomic E-state index is 0.217. The maximum absolute atomic E-state index is 12.9. The molecule has 128 valence electrons. The van der Waals surface area contributed by atoms with Gasteiger partial charge >= 0.3 is 0 Å². The van der Waals surface area contributed by atoms with Gasteiger partial charge in [-0.05, 0) is 44.1 Å². The molecule has 0 radical (unpaired) electrons. The first kappa shape index (κ1) is 15.8. The Bertz CT molecular complexity index is 729. The van der Waals surface area contributed by atoms with Crippen molar-refractivity contribution >= 4 is 17.2 Å². The Balaban J connectivity index is 1.42. The second-order valence-corrected chi connectivity index (χ2v) is 7.64. The number of aromatic nitrogens is 3. The molecule has 6 nitrogen and oxygen atoms in total. The third-order valence-electron chi connectivity index (χ3n) is 5.18. The summed E-state index contributed by atoms with van der Waals surface area (Å²) >= 11 is 1.77. The first-order valence-electron chi connectivity index (χ1n) is 8.75. The normalized spacial score (nSPS) is 18.6. The van der Waals surface area contributed by atoms with Crippen LogP contribution in [0.1, 0.15) is 58.2 Å². The van der Waals surface area contributed by atoms with E-state index in [1.807, 2.05) is 15.8 Å². The van der Waals surface area contributed by atoms with Crippen LogP contribution in [0.3, 0.4) is 0 Å². The molecule has 1 aliphatic heterocycles. The van der Waals surface area contributed by atoms with Gasteiger partial charge in [0, 0.05) is 29.9 Å². The largest absolute Gasteiger partial charge is 0.338 e. The van der Waals surface area contributed by atoms with E-state index < -0.39 is 0 Å². The van der Waals surface area contributed by atoms with Crippen molar-refractivity contribution in [2.45, 2.75) is 51.1 Å². The molecule has 7 heteroatoms. The third kappa shape index (κ3) is 2.86. The van der Waals surface area contributed by atoms with Crippen molar-refractivity contribution in [2.75, 3.05) is 13.1 Å². The lowest BCUT2D eigenvalue weighted by atomic mass is 9.95. The van der Waals surface area contributed by atoms with E-state index in [4.69, 9.17) is 5.73 Å². The number of piperidine rings is 1. The van der Waals surface area contributed by atoms with E-state index in [1.54, 1.807) is 11.3 Å². The van der Waals surface area contributed by atoms with Crippen LogP contribution >= 0.6 is 11.3 Å². The molecule has 0 aromatic carbocycles. The van der Waals surface area contributed by atoms with Gasteiger partial charge in [-0.2, -0.15) is 0 Å². The molecule has 2 N–H and O–H groups in total. The van der Waals surface area contributed by atoms with Gasteiger partial charge in [0.1, 0.15) is 0 Å². The molecule has 2 aromatic rings. The molecule has 0 atom stereocenters. The number of carbonyl (C=O) groups excluding carboxylic acids is 1. The SMILES string of the molecule is NCc1cn(C2CCN(C(=O)c3csc4c3CCCC4)CC2)nn1. The van der Waals surface area contributed by atoms with Crippen LogP contribution in [0.25, 0.3) is 0 Å². The summed E-state index contributed by atoms with van der Waals surface area (Å²) in [7, 11) is 0. The number of amides is 1. The number of likely N-dealkylation sites (tertiary alicyclic amines) is 1. The maximum atomic E-state index is 12.9. The molecule has 0 bridgehead atoms. The fourth-order valence-electron chi connectivity index (χ4n) is 3.76. The Morgan fingerprint density at radius 2 is 2.08 bits per heavy atom. The first-order chi connectivity index (χ1) is 11.8. The van der Waals surface area contributed by atoms with E-state index in [0.29, 0.717) is 12.6 Å². The van der Waals surface area contributed by atoms with Crippen LogP contribution in [0.2, 0.25) is 0 Å². The van der Waals surface area contributed by atoms with Gasteiger partial charge in [0.05, 0.1) is 23.5 Å². The average molecular weight is 345 g/mol. The summed E-state index contributed by atoms with van der Waals surface area (Å²) in [4.78, 5) is 16.3. The van der Waals surface area contributed by atoms with E-state index in [9.17, 15) is 4.79 Å². The predicted molar refractivity (Wildman–Crippen MR) is 93.0 cm³/mol. The summed E-state index contributed by atoms with van der Waals surface area (Å²) in [5.74, 6) is 0.217. The molecule has 4 rings (SSSR count). The van der Waals surface area contributed by atoms with Gasteiger partial charge in [0.15, 0.2) is 0 Å². The van der Waals surface area contributed by atoms with E-state index >= 15 is 0 Å². The van der Waals surface area contributed by atoms with Crippen molar-refractivity contribution in [1.82, 2.24) is 19.9 Å². The Morgan fingerprint density at radius 1 is 1.29 bits per heavy atom. The quantitative estimate of drug-likeness (QED) is 0.925. The highest BCUT2D eigenvalue weighted by atomic mass is 32.1. The zero-order valence-electron chi connectivity index (χ0n) is 13.8. The minimum Gasteiger partial charge on any atom is -0.338 e. The van der Waals surface area contributed by atoms with Crippen LogP contribution in [-0.4, -0.2) is 38.9 Å². The van der Waals surface area contributed by atoms with Crippen molar-refractivity contribution in [3.8, 4) is 0 Å². The van der Waals surface area contributed by atoms with Crippen molar-refractivity contribution in [3.05, 3.63) is 33.3 Å². The lowest BCUT2D eigenvalue weighted by Gasteiger charge is -2.32. The molecule has 1 amide bonds. The Morgan fingerprint density at radius 3 is 2.83 bits per heavy atom.